The Morgan fingerprint density at radius 1 is 0.435 bits per heavy atom. The molecule has 46 heavy (non-hydrogen) atoms. The Kier molecular flexibility index (Phi) is 23.5. The molecule has 0 saturated heterocycles. The number of unbranched alkanes of at least 4 members (excludes halogenated alkanes) is 26. The number of hydrogen-bond donors (Lipinski definition) is 1. The molecule has 264 valence electrons. The van der Waals surface area contributed by atoms with Crippen molar-refractivity contribution >= 4 is 20.9 Å². The van der Waals surface area contributed by atoms with Crippen LogP contribution in [0.4, 0.5) is 0 Å². The quantitative estimate of drug-likeness (QED) is 0.0649. The SMILES string of the molecule is CCCCCCCCCCCCCCCCc1ccc2c(S(=O)(=O)O)cc(CCCCCCCCCCCCCCCC)cc2c1. The molecule has 0 aliphatic heterocycles. The van der Waals surface area contributed by atoms with Crippen LogP contribution in [0.2, 0.25) is 0 Å². The molecule has 0 bridgehead atoms. The van der Waals surface area contributed by atoms with Crippen molar-refractivity contribution in [1.29, 1.82) is 0 Å². The minimum absolute atomic E-state index is 0.0633. The minimum Gasteiger partial charge on any atom is -0.282 e. The molecule has 4 heteroatoms. The van der Waals surface area contributed by atoms with Crippen LogP contribution in [-0.4, -0.2) is 13.0 Å². The lowest BCUT2D eigenvalue weighted by Gasteiger charge is -2.11. The largest absolute Gasteiger partial charge is 0.295 e. The molecule has 2 aromatic carbocycles. The molecule has 0 aliphatic carbocycles. The highest BCUT2D eigenvalue weighted by Crippen LogP contribution is 2.28. The van der Waals surface area contributed by atoms with Crippen molar-refractivity contribution < 1.29 is 13.0 Å². The van der Waals surface area contributed by atoms with Gasteiger partial charge in [-0.2, -0.15) is 8.42 Å². The third kappa shape index (κ3) is 19.4. The van der Waals surface area contributed by atoms with Gasteiger partial charge in [-0.1, -0.05) is 205 Å². The van der Waals surface area contributed by atoms with Gasteiger partial charge in [0.05, 0.1) is 0 Å². The molecule has 0 heterocycles. The van der Waals surface area contributed by atoms with Gasteiger partial charge in [-0.3, -0.25) is 4.55 Å². The summed E-state index contributed by atoms with van der Waals surface area (Å²) in [7, 11) is -4.27. The molecule has 0 spiro atoms. The summed E-state index contributed by atoms with van der Waals surface area (Å²) >= 11 is 0. The van der Waals surface area contributed by atoms with Gasteiger partial charge >= 0.3 is 0 Å². The smallest absolute Gasteiger partial charge is 0.282 e. The van der Waals surface area contributed by atoms with E-state index in [0.29, 0.717) is 5.39 Å². The van der Waals surface area contributed by atoms with E-state index < -0.39 is 10.1 Å². The van der Waals surface area contributed by atoms with Gasteiger partial charge in [0.25, 0.3) is 10.1 Å². The van der Waals surface area contributed by atoms with E-state index in [1.165, 1.54) is 179 Å². The third-order valence-electron chi connectivity index (χ3n) is 9.95. The van der Waals surface area contributed by atoms with Gasteiger partial charge in [0.2, 0.25) is 0 Å². The van der Waals surface area contributed by atoms with E-state index in [4.69, 9.17) is 0 Å². The summed E-state index contributed by atoms with van der Waals surface area (Å²) in [6.45, 7) is 4.56. The molecule has 0 fully saturated rings. The second-order valence-electron chi connectivity index (χ2n) is 14.3. The topological polar surface area (TPSA) is 54.4 Å². The molecule has 2 rings (SSSR count). The second-order valence-corrected chi connectivity index (χ2v) is 15.7. The van der Waals surface area contributed by atoms with Crippen LogP contribution in [0.15, 0.2) is 35.2 Å². The van der Waals surface area contributed by atoms with Gasteiger partial charge in [-0.15, -0.1) is 0 Å². The molecule has 0 aromatic heterocycles. The summed E-state index contributed by atoms with van der Waals surface area (Å²) in [6.07, 6.45) is 39.6. The van der Waals surface area contributed by atoms with E-state index in [2.05, 4.69) is 26.0 Å². The second kappa shape index (κ2) is 26.6. The Labute approximate surface area is 285 Å². The van der Waals surface area contributed by atoms with Gasteiger partial charge in [0.1, 0.15) is 4.90 Å². The van der Waals surface area contributed by atoms with Crippen molar-refractivity contribution in [2.75, 3.05) is 0 Å². The number of fused-ring (bicyclic) bond motifs is 1. The van der Waals surface area contributed by atoms with Gasteiger partial charge in [0.15, 0.2) is 0 Å². The molecular formula is C42H72O3S. The fourth-order valence-electron chi connectivity index (χ4n) is 7.00. The highest BCUT2D eigenvalue weighted by molar-refractivity contribution is 7.86. The molecule has 2 aromatic rings. The first-order valence-electron chi connectivity index (χ1n) is 20.0. The average molecular weight is 657 g/mol. The monoisotopic (exact) mass is 657 g/mol. The lowest BCUT2D eigenvalue weighted by Crippen LogP contribution is -2.01. The van der Waals surface area contributed by atoms with E-state index in [1.54, 1.807) is 6.07 Å². The Balaban J connectivity index is 1.65. The van der Waals surface area contributed by atoms with Crippen molar-refractivity contribution in [3.8, 4) is 0 Å². The highest BCUT2D eigenvalue weighted by atomic mass is 32.2. The van der Waals surface area contributed by atoms with Gasteiger partial charge in [0, 0.05) is 5.39 Å². The van der Waals surface area contributed by atoms with Gasteiger partial charge < -0.3 is 0 Å². The number of hydrogen-bond acceptors (Lipinski definition) is 2. The number of benzene rings is 2. The lowest BCUT2D eigenvalue weighted by molar-refractivity contribution is 0.484. The molecule has 0 aliphatic rings. The molecule has 3 nitrogen and oxygen atoms in total. The molecule has 0 unspecified atom stereocenters. The highest BCUT2D eigenvalue weighted by Gasteiger charge is 2.16. The maximum Gasteiger partial charge on any atom is 0.295 e. The first-order valence-corrected chi connectivity index (χ1v) is 21.4. The maximum atomic E-state index is 12.3. The molecule has 0 amide bonds. The molecular weight excluding hydrogens is 585 g/mol. The molecule has 0 radical (unpaired) electrons. The van der Waals surface area contributed by atoms with Crippen LogP contribution in [-0.2, 0) is 23.0 Å². The minimum atomic E-state index is -4.27. The van der Waals surface area contributed by atoms with Crippen LogP contribution in [0.5, 0.6) is 0 Å². The van der Waals surface area contributed by atoms with Crippen LogP contribution in [0.1, 0.15) is 205 Å². The number of aryl methyl sites for hydroxylation is 2. The van der Waals surface area contributed by atoms with Crippen LogP contribution in [0, 0.1) is 0 Å². The van der Waals surface area contributed by atoms with Crippen LogP contribution in [0.3, 0.4) is 0 Å². The normalized spacial score (nSPS) is 12.0. The van der Waals surface area contributed by atoms with E-state index in [9.17, 15) is 13.0 Å². The van der Waals surface area contributed by atoms with E-state index in [-0.39, 0.29) is 4.90 Å². The van der Waals surface area contributed by atoms with Gasteiger partial charge in [-0.25, -0.2) is 0 Å². The van der Waals surface area contributed by atoms with E-state index >= 15 is 0 Å². The van der Waals surface area contributed by atoms with Crippen molar-refractivity contribution in [2.24, 2.45) is 0 Å². The first-order chi connectivity index (χ1) is 22.5. The van der Waals surface area contributed by atoms with E-state index in [0.717, 1.165) is 30.2 Å². The Hall–Kier alpha value is -1.39. The summed E-state index contributed by atoms with van der Waals surface area (Å²) in [5.41, 5.74) is 2.29. The average Bonchev–Trinajstić information content (AvgIpc) is 3.04. The summed E-state index contributed by atoms with van der Waals surface area (Å²) in [6, 6.07) is 9.95. The lowest BCUT2D eigenvalue weighted by atomic mass is 9.98. The molecule has 1 N–H and O–H groups in total. The zero-order valence-corrected chi connectivity index (χ0v) is 31.1. The predicted molar refractivity (Wildman–Crippen MR) is 202 cm³/mol. The molecule has 0 saturated carbocycles. The standard InChI is InChI=1S/C42H72O3S/c1-3-5-7-9-11-13-15-17-19-21-23-25-27-29-31-38-33-34-41-40(35-38)36-39(37-42(41)46(43,44)45)32-30-28-26-24-22-20-18-16-14-12-10-8-6-4-2/h33-37H,3-32H2,1-2H3,(H,43,44,45). The fourth-order valence-corrected chi connectivity index (χ4v) is 7.77. The summed E-state index contributed by atoms with van der Waals surface area (Å²) in [5.74, 6) is 0. The van der Waals surface area contributed by atoms with Gasteiger partial charge in [-0.05, 0) is 48.3 Å². The first kappa shape index (κ1) is 40.8. The Morgan fingerprint density at radius 3 is 1.13 bits per heavy atom. The van der Waals surface area contributed by atoms with Crippen molar-refractivity contribution in [1.82, 2.24) is 0 Å². The zero-order chi connectivity index (χ0) is 33.1. The van der Waals surface area contributed by atoms with Crippen LogP contribution in [0.25, 0.3) is 10.8 Å². The van der Waals surface area contributed by atoms with Crippen LogP contribution >= 0.6 is 0 Å². The Morgan fingerprint density at radius 2 is 0.761 bits per heavy atom. The van der Waals surface area contributed by atoms with Crippen molar-refractivity contribution in [3.63, 3.8) is 0 Å². The van der Waals surface area contributed by atoms with Crippen LogP contribution < -0.4 is 0 Å². The summed E-state index contributed by atoms with van der Waals surface area (Å²) < 4.78 is 34.5. The molecule has 0 atom stereocenters. The predicted octanol–water partition coefficient (Wildman–Crippen LogP) is 14.1. The summed E-state index contributed by atoms with van der Waals surface area (Å²) in [5, 5.41) is 1.58. The summed E-state index contributed by atoms with van der Waals surface area (Å²) in [4.78, 5) is 0.0633. The van der Waals surface area contributed by atoms with Crippen molar-refractivity contribution in [3.05, 3.63) is 41.5 Å². The fraction of sp³-hybridized carbons (Fsp3) is 0.762. The van der Waals surface area contributed by atoms with Crippen molar-refractivity contribution in [2.45, 2.75) is 211 Å². The zero-order valence-electron chi connectivity index (χ0n) is 30.3. The maximum absolute atomic E-state index is 12.3. The Bertz CT molecular complexity index is 1120. The van der Waals surface area contributed by atoms with E-state index in [1.807, 2.05) is 12.1 Å². The third-order valence-corrected chi connectivity index (χ3v) is 10.8. The number of rotatable bonds is 31.